The summed E-state index contributed by atoms with van der Waals surface area (Å²) in [6, 6.07) is 83.4. The van der Waals surface area contributed by atoms with E-state index in [1.165, 1.54) is 16.7 Å². The number of hydrogen-bond acceptors (Lipinski definition) is 4. The highest BCUT2D eigenvalue weighted by Gasteiger charge is 2.55. The Balaban J connectivity index is 0.926. The molecule has 15 rings (SSSR count). The molecule has 0 amide bonds. The smallest absolute Gasteiger partial charge is 0.159 e. The highest BCUT2D eigenvalue weighted by Crippen LogP contribution is 2.62. The summed E-state index contributed by atoms with van der Waals surface area (Å²) in [5.74, 6) is 2.19. The van der Waals surface area contributed by atoms with Crippen molar-refractivity contribution in [3.63, 3.8) is 0 Å². The first kappa shape index (κ1) is 43.2. The Morgan fingerprint density at radius 2 is 1.20 bits per heavy atom. The van der Waals surface area contributed by atoms with Crippen molar-refractivity contribution in [2.45, 2.75) is 17.8 Å². The largest absolute Gasteiger partial charge is 0.455 e. The van der Waals surface area contributed by atoms with Gasteiger partial charge < -0.3 is 19.0 Å². The zero-order valence-electron chi connectivity index (χ0n) is 41.1. The minimum absolute atomic E-state index is 0.107. The third-order valence-electron chi connectivity index (χ3n) is 16.4. The van der Waals surface area contributed by atoms with Crippen molar-refractivity contribution in [2.75, 3.05) is 9.80 Å². The van der Waals surface area contributed by atoms with Gasteiger partial charge in [-0.3, -0.25) is 0 Å². The SMILES string of the molecule is C1=CCC(C2(c3ccccc3)c3ccccc3C3C=CC(N(c4ccc(-c5cccc6c5oc5ccccc56)cc4)c4ccc5cccc6c5c4Oc4ccc(N(c5ccccc5)c5ccccc5)cc4-6)=CC32)C=C1. The van der Waals surface area contributed by atoms with Crippen LogP contribution in [0, 0.1) is 11.8 Å². The van der Waals surface area contributed by atoms with Gasteiger partial charge in [-0.15, -0.1) is 0 Å². The van der Waals surface area contributed by atoms with Crippen LogP contribution in [-0.4, -0.2) is 0 Å². The first-order valence-electron chi connectivity index (χ1n) is 26.2. The predicted molar refractivity (Wildman–Crippen MR) is 309 cm³/mol. The molecule has 0 radical (unpaired) electrons. The monoisotopic (exact) mass is 962 g/mol. The number of ether oxygens (including phenoxy) is 1. The molecule has 4 unspecified atom stereocenters. The van der Waals surface area contributed by atoms with Gasteiger partial charge in [0.15, 0.2) is 5.75 Å². The highest BCUT2D eigenvalue weighted by atomic mass is 16.5. The average molecular weight is 963 g/mol. The van der Waals surface area contributed by atoms with Crippen molar-refractivity contribution in [3.8, 4) is 33.8 Å². The molecule has 11 aromatic rings. The van der Waals surface area contributed by atoms with Crippen molar-refractivity contribution < 1.29 is 9.15 Å². The van der Waals surface area contributed by atoms with Crippen LogP contribution in [0.1, 0.15) is 29.0 Å². The Bertz CT molecular complexity index is 4110. The molecule has 0 bridgehead atoms. The third kappa shape index (κ3) is 6.76. The first-order chi connectivity index (χ1) is 37.2. The summed E-state index contributed by atoms with van der Waals surface area (Å²) < 4.78 is 14.0. The van der Waals surface area contributed by atoms with Gasteiger partial charge in [-0.2, -0.15) is 0 Å². The second-order valence-corrected chi connectivity index (χ2v) is 20.2. The lowest BCUT2D eigenvalue weighted by Crippen LogP contribution is -2.41. The van der Waals surface area contributed by atoms with Gasteiger partial charge in [0.2, 0.25) is 0 Å². The fraction of sp³-hybridized carbons (Fsp3) is 0.0704. The zero-order valence-corrected chi connectivity index (χ0v) is 41.1. The van der Waals surface area contributed by atoms with Crippen LogP contribution in [0.25, 0.3) is 55.0 Å². The Kier molecular flexibility index (Phi) is 10.0. The number of benzene rings is 10. The second kappa shape index (κ2) is 17.4. The molecule has 4 aliphatic rings. The molecule has 0 N–H and O–H groups in total. The van der Waals surface area contributed by atoms with E-state index in [-0.39, 0.29) is 23.2 Å². The number of para-hydroxylation sites is 4. The molecule has 2 heterocycles. The molecular weight excluding hydrogens is 913 g/mol. The zero-order chi connectivity index (χ0) is 49.5. The Hall–Kier alpha value is -9.38. The standard InChI is InChI=1S/C71H50N2O2/c1-5-20-49(21-6-1)71(50-22-7-2-8-23-50)63-33-15-13-28-57(63)58-42-40-55(46-64(58)71)73(53-38-35-47(36-39-53)56-30-18-32-61-59-29-14-16-34-66(59)74-69(56)61)65-43-37-48-19-17-31-60-62-45-54(41-44-67(62)75-70(65)68(48)60)72(51-24-9-3-10-25-51)52-26-11-4-12-27-52/h1-22,24-46,50,58,64H,23H2. The summed E-state index contributed by atoms with van der Waals surface area (Å²) in [5, 5.41) is 4.46. The second-order valence-electron chi connectivity index (χ2n) is 20.2. The van der Waals surface area contributed by atoms with Crippen LogP contribution in [-0.2, 0) is 5.41 Å². The molecular formula is C71H50N2O2. The topological polar surface area (TPSA) is 28.9 Å². The van der Waals surface area contributed by atoms with Gasteiger partial charge in [-0.1, -0.05) is 200 Å². The lowest BCUT2D eigenvalue weighted by molar-refractivity contribution is 0.299. The first-order valence-corrected chi connectivity index (χ1v) is 26.2. The Labute approximate surface area is 436 Å². The van der Waals surface area contributed by atoms with Crippen LogP contribution in [0.2, 0.25) is 0 Å². The number of anilines is 5. The maximum Gasteiger partial charge on any atom is 0.159 e. The van der Waals surface area contributed by atoms with Crippen LogP contribution in [0.4, 0.5) is 28.4 Å². The number of hydrogen-bond donors (Lipinski definition) is 0. The summed E-state index contributed by atoms with van der Waals surface area (Å²) >= 11 is 0. The summed E-state index contributed by atoms with van der Waals surface area (Å²) in [6.07, 6.45) is 17.7. The highest BCUT2D eigenvalue weighted by molar-refractivity contribution is 6.10. The molecule has 1 aromatic heterocycles. The van der Waals surface area contributed by atoms with Crippen LogP contribution in [0.5, 0.6) is 11.5 Å². The molecule has 356 valence electrons. The molecule has 0 spiro atoms. The summed E-state index contributed by atoms with van der Waals surface area (Å²) in [7, 11) is 0. The van der Waals surface area contributed by atoms with E-state index in [2.05, 4.69) is 277 Å². The summed E-state index contributed by atoms with van der Waals surface area (Å²) in [4.78, 5) is 4.77. The van der Waals surface area contributed by atoms with Crippen molar-refractivity contribution in [1.82, 2.24) is 0 Å². The fourth-order valence-electron chi connectivity index (χ4n) is 13.2. The summed E-state index contributed by atoms with van der Waals surface area (Å²) in [5.41, 5.74) is 16.3. The average Bonchev–Trinajstić information content (AvgIpc) is 4.14. The number of rotatable bonds is 9. The van der Waals surface area contributed by atoms with Crippen molar-refractivity contribution >= 4 is 61.1 Å². The predicted octanol–water partition coefficient (Wildman–Crippen LogP) is 19.1. The molecule has 0 saturated carbocycles. The molecule has 4 nitrogen and oxygen atoms in total. The van der Waals surface area contributed by atoms with E-state index in [4.69, 9.17) is 9.15 Å². The maximum absolute atomic E-state index is 7.39. The van der Waals surface area contributed by atoms with Gasteiger partial charge in [0, 0.05) is 73.0 Å². The number of nitrogens with zero attached hydrogens (tertiary/aromatic N) is 2. The number of fused-ring (bicyclic) bond motifs is 8. The van der Waals surface area contributed by atoms with Crippen LogP contribution >= 0.6 is 0 Å². The number of allylic oxidation sites excluding steroid dienone is 7. The molecule has 0 saturated heterocycles. The minimum atomic E-state index is -0.327. The lowest BCUT2D eigenvalue weighted by Gasteiger charge is -2.44. The van der Waals surface area contributed by atoms with Crippen LogP contribution in [0.15, 0.2) is 283 Å². The van der Waals surface area contributed by atoms with Gasteiger partial charge in [-0.05, 0) is 118 Å². The van der Waals surface area contributed by atoms with Gasteiger partial charge >= 0.3 is 0 Å². The van der Waals surface area contributed by atoms with E-state index >= 15 is 0 Å². The van der Waals surface area contributed by atoms with E-state index in [9.17, 15) is 0 Å². The van der Waals surface area contributed by atoms with Crippen molar-refractivity contribution in [2.24, 2.45) is 11.8 Å². The van der Waals surface area contributed by atoms with Gasteiger partial charge in [0.25, 0.3) is 0 Å². The van der Waals surface area contributed by atoms with E-state index in [0.29, 0.717) is 0 Å². The Morgan fingerprint density at radius 3 is 2.00 bits per heavy atom. The van der Waals surface area contributed by atoms with Crippen molar-refractivity contribution in [3.05, 3.63) is 295 Å². The molecule has 4 atom stereocenters. The van der Waals surface area contributed by atoms with Gasteiger partial charge in [0.05, 0.1) is 5.69 Å². The molecule has 1 aliphatic heterocycles. The minimum Gasteiger partial charge on any atom is -0.455 e. The summed E-state index contributed by atoms with van der Waals surface area (Å²) in [6.45, 7) is 0. The third-order valence-corrected chi connectivity index (χ3v) is 16.4. The van der Waals surface area contributed by atoms with E-state index < -0.39 is 0 Å². The van der Waals surface area contributed by atoms with Crippen molar-refractivity contribution in [1.29, 1.82) is 0 Å². The quantitative estimate of drug-likeness (QED) is 0.144. The molecule has 0 fully saturated rings. The molecule has 4 heteroatoms. The van der Waals surface area contributed by atoms with Gasteiger partial charge in [0.1, 0.15) is 16.9 Å². The van der Waals surface area contributed by atoms with Gasteiger partial charge in [-0.25, -0.2) is 0 Å². The fourth-order valence-corrected chi connectivity index (χ4v) is 13.2. The molecule has 3 aliphatic carbocycles. The Morgan fingerprint density at radius 1 is 0.507 bits per heavy atom. The van der Waals surface area contributed by atoms with Crippen LogP contribution < -0.4 is 14.5 Å². The van der Waals surface area contributed by atoms with E-state index in [0.717, 1.165) is 107 Å². The number of furan rings is 1. The van der Waals surface area contributed by atoms with E-state index in [1.54, 1.807) is 0 Å². The lowest BCUT2D eigenvalue weighted by atomic mass is 9.58. The van der Waals surface area contributed by atoms with E-state index in [1.807, 2.05) is 6.07 Å². The normalized spacial score (nSPS) is 18.8. The molecule has 10 aromatic carbocycles. The molecule has 75 heavy (non-hydrogen) atoms. The van der Waals surface area contributed by atoms with Crippen LogP contribution in [0.3, 0.4) is 0 Å². The maximum atomic E-state index is 7.39.